The molecule has 1 aliphatic carbocycles. The highest BCUT2D eigenvalue weighted by Gasteiger charge is 2.15. The van der Waals surface area contributed by atoms with Crippen LogP contribution in [0.1, 0.15) is 96.3 Å². The van der Waals surface area contributed by atoms with Crippen LogP contribution >= 0.6 is 0 Å². The van der Waals surface area contributed by atoms with Gasteiger partial charge in [-0.25, -0.2) is 0 Å². The van der Waals surface area contributed by atoms with Gasteiger partial charge in [0.25, 0.3) is 0 Å². The summed E-state index contributed by atoms with van der Waals surface area (Å²) >= 11 is 0. The zero-order valence-electron chi connectivity index (χ0n) is 25.9. The smallest absolute Gasteiger partial charge is 0.140 e. The summed E-state index contributed by atoms with van der Waals surface area (Å²) in [7, 11) is 0. The Balaban J connectivity index is 0.000000291. The number of aryl methyl sites for hydroxylation is 2. The lowest BCUT2D eigenvalue weighted by Gasteiger charge is -2.29. The van der Waals surface area contributed by atoms with Crippen molar-refractivity contribution >= 4 is 17.7 Å². The van der Waals surface area contributed by atoms with Crippen molar-refractivity contribution in [1.29, 1.82) is 0 Å². The first-order valence-electron chi connectivity index (χ1n) is 14.9. The number of rotatable bonds is 7. The number of nitrogens with two attached hydrogens (primary N) is 1. The second kappa shape index (κ2) is 19.8. The Morgan fingerprint density at radius 3 is 2.35 bits per heavy atom. The number of anilines is 2. The number of nitrogens with one attached hydrogen (secondary N) is 1. The molecule has 2 aliphatic rings. The molecule has 5 heteroatoms. The lowest BCUT2D eigenvalue weighted by atomic mass is 9.99. The van der Waals surface area contributed by atoms with E-state index in [1.807, 2.05) is 6.92 Å². The Labute approximate surface area is 244 Å². The molecule has 1 saturated carbocycles. The summed E-state index contributed by atoms with van der Waals surface area (Å²) in [5, 5.41) is 12.7. The van der Waals surface area contributed by atoms with Gasteiger partial charge in [-0.2, -0.15) is 0 Å². The summed E-state index contributed by atoms with van der Waals surface area (Å²) in [6.07, 6.45) is 16.4. The third kappa shape index (κ3) is 13.7. The number of carbonyl (C=O) groups excluding carboxylic acids is 1. The topological polar surface area (TPSA) is 78.6 Å². The third-order valence-corrected chi connectivity index (χ3v) is 7.05. The fourth-order valence-corrected chi connectivity index (χ4v) is 4.42. The molecule has 4 rings (SSSR count). The van der Waals surface area contributed by atoms with Crippen molar-refractivity contribution in [3.05, 3.63) is 64.4 Å². The van der Waals surface area contributed by atoms with E-state index in [-0.39, 0.29) is 11.4 Å². The van der Waals surface area contributed by atoms with Crippen LogP contribution in [0.2, 0.25) is 0 Å². The minimum Gasteiger partial charge on any atom is -0.506 e. The number of nitrogen functional groups attached to an aromatic ring is 1. The first-order chi connectivity index (χ1) is 19.2. The number of terminal acetylenes is 1. The van der Waals surface area contributed by atoms with E-state index in [0.29, 0.717) is 5.56 Å². The average molecular weight is 548 g/mol. The SMILES string of the molecule is C#Cc1cc(C)cc(O)c1N.CC=O.CCCCN1CCC(C)CC1.CCCc1ccccc1NC(C)=C1CC1. The minimum absolute atomic E-state index is 0.0537. The van der Waals surface area contributed by atoms with Crippen LogP contribution in [0.5, 0.6) is 5.75 Å². The maximum absolute atomic E-state index is 9.19. The van der Waals surface area contributed by atoms with Gasteiger partial charge in [0.05, 0.1) is 11.3 Å². The molecule has 0 spiro atoms. The van der Waals surface area contributed by atoms with E-state index in [2.05, 4.69) is 68.1 Å². The van der Waals surface area contributed by atoms with Crippen molar-refractivity contribution in [1.82, 2.24) is 4.90 Å². The molecule has 2 aromatic rings. The van der Waals surface area contributed by atoms with Gasteiger partial charge in [0, 0.05) is 11.4 Å². The van der Waals surface area contributed by atoms with Gasteiger partial charge in [0.15, 0.2) is 0 Å². The molecule has 2 aromatic carbocycles. The summed E-state index contributed by atoms with van der Waals surface area (Å²) in [6.45, 7) is 16.4. The number of phenolic OH excluding ortho intramolecular Hbond substituents is 1. The number of phenols is 1. The maximum Gasteiger partial charge on any atom is 0.140 e. The monoisotopic (exact) mass is 547 g/mol. The molecule has 0 atom stereocenters. The van der Waals surface area contributed by atoms with Crippen LogP contribution < -0.4 is 11.1 Å². The lowest BCUT2D eigenvalue weighted by Crippen LogP contribution is -2.33. The average Bonchev–Trinajstić information content (AvgIpc) is 3.79. The maximum atomic E-state index is 9.19. The van der Waals surface area contributed by atoms with Crippen molar-refractivity contribution < 1.29 is 9.90 Å². The second-order valence-corrected chi connectivity index (χ2v) is 10.8. The molecular formula is C35H53N3O2. The van der Waals surface area contributed by atoms with E-state index < -0.39 is 0 Å². The standard InChI is InChI=1S/C14H19N.C10H21N.C9H9NO.C2H4O/c1-3-6-13-7-4-5-8-14(13)15-11(2)12-9-10-12;1-3-4-7-11-8-5-10(2)6-9-11;1-3-7-4-6(2)5-8(11)9(7)10;1-2-3/h4-5,7-8,15H,3,6,9-10H2,1-2H3;10H,3-9H2,1-2H3;1,4-5,11H,10H2,2H3;2H,1H3. The van der Waals surface area contributed by atoms with Crippen molar-refractivity contribution in [2.45, 2.75) is 92.9 Å². The van der Waals surface area contributed by atoms with E-state index in [9.17, 15) is 5.11 Å². The highest BCUT2D eigenvalue weighted by atomic mass is 16.3. The van der Waals surface area contributed by atoms with Crippen molar-refractivity contribution in [3.63, 3.8) is 0 Å². The predicted molar refractivity (Wildman–Crippen MR) is 173 cm³/mol. The summed E-state index contributed by atoms with van der Waals surface area (Å²) in [6, 6.07) is 12.0. The Morgan fingerprint density at radius 2 is 1.80 bits per heavy atom. The van der Waals surface area contributed by atoms with Crippen molar-refractivity contribution in [2.75, 3.05) is 30.7 Å². The predicted octanol–water partition coefficient (Wildman–Crippen LogP) is 8.11. The zero-order valence-corrected chi connectivity index (χ0v) is 25.9. The Bertz CT molecular complexity index is 1080. The molecule has 1 aliphatic heterocycles. The second-order valence-electron chi connectivity index (χ2n) is 10.8. The van der Waals surface area contributed by atoms with Gasteiger partial charge in [-0.05, 0) is 114 Å². The highest BCUT2D eigenvalue weighted by molar-refractivity contribution is 5.64. The quantitative estimate of drug-likeness (QED) is 0.141. The summed E-state index contributed by atoms with van der Waals surface area (Å²) in [4.78, 5) is 11.4. The van der Waals surface area contributed by atoms with Gasteiger partial charge < -0.3 is 25.9 Å². The fourth-order valence-electron chi connectivity index (χ4n) is 4.42. The van der Waals surface area contributed by atoms with Gasteiger partial charge in [0.1, 0.15) is 12.0 Å². The van der Waals surface area contributed by atoms with Crippen LogP contribution in [0.15, 0.2) is 47.7 Å². The highest BCUT2D eigenvalue weighted by Crippen LogP contribution is 2.32. The number of para-hydroxylation sites is 1. The molecule has 0 amide bonds. The number of hydrogen-bond donors (Lipinski definition) is 3. The van der Waals surface area contributed by atoms with Gasteiger partial charge in [-0.1, -0.05) is 63.3 Å². The molecule has 2 fully saturated rings. The minimum atomic E-state index is 0.0537. The van der Waals surface area contributed by atoms with Gasteiger partial charge >= 0.3 is 0 Å². The van der Waals surface area contributed by atoms with Crippen LogP contribution in [0.3, 0.4) is 0 Å². The molecule has 220 valence electrons. The molecule has 4 N–H and O–H groups in total. The first kappa shape index (κ1) is 34.8. The lowest BCUT2D eigenvalue weighted by molar-refractivity contribution is -0.106. The Hall–Kier alpha value is -3.23. The van der Waals surface area contributed by atoms with Crippen molar-refractivity contribution in [2.24, 2.45) is 5.92 Å². The summed E-state index contributed by atoms with van der Waals surface area (Å²) in [5.41, 5.74) is 12.9. The van der Waals surface area contributed by atoms with Gasteiger partial charge in [0.2, 0.25) is 0 Å². The van der Waals surface area contributed by atoms with Gasteiger partial charge in [-0.15, -0.1) is 6.42 Å². The molecular weight excluding hydrogens is 494 g/mol. The van der Waals surface area contributed by atoms with Crippen LogP contribution in [0.25, 0.3) is 0 Å². The summed E-state index contributed by atoms with van der Waals surface area (Å²) in [5.74, 6) is 3.43. The van der Waals surface area contributed by atoms with E-state index in [1.165, 1.54) is 88.5 Å². The number of benzene rings is 2. The number of nitrogens with zero attached hydrogens (tertiary/aromatic N) is 1. The zero-order chi connectivity index (χ0) is 29.9. The molecule has 1 saturated heterocycles. The number of likely N-dealkylation sites (tertiary alicyclic amines) is 1. The van der Waals surface area contributed by atoms with Gasteiger partial charge in [-0.3, -0.25) is 0 Å². The molecule has 0 aromatic heterocycles. The number of hydrogen-bond acceptors (Lipinski definition) is 5. The number of allylic oxidation sites excluding steroid dienone is 2. The Morgan fingerprint density at radius 1 is 1.18 bits per heavy atom. The summed E-state index contributed by atoms with van der Waals surface area (Å²) < 4.78 is 0. The van der Waals surface area contributed by atoms with E-state index in [1.54, 1.807) is 17.7 Å². The number of piperidine rings is 1. The van der Waals surface area contributed by atoms with E-state index in [4.69, 9.17) is 17.0 Å². The first-order valence-corrected chi connectivity index (χ1v) is 14.9. The number of aromatic hydroxyl groups is 1. The third-order valence-electron chi connectivity index (χ3n) is 7.05. The van der Waals surface area contributed by atoms with E-state index in [0.717, 1.165) is 24.2 Å². The van der Waals surface area contributed by atoms with Crippen molar-refractivity contribution in [3.8, 4) is 18.1 Å². The van der Waals surface area contributed by atoms with Crippen LogP contribution in [0.4, 0.5) is 11.4 Å². The normalized spacial score (nSPS) is 14.2. The number of carbonyl (C=O) groups is 1. The molecule has 0 bridgehead atoms. The number of unbranched alkanes of at least 4 members (excludes halogenated alkanes) is 1. The Kier molecular flexibility index (Phi) is 17.2. The molecule has 0 radical (unpaired) electrons. The molecule has 0 unspecified atom stereocenters. The van der Waals surface area contributed by atoms with Crippen LogP contribution in [0, 0.1) is 25.2 Å². The molecule has 40 heavy (non-hydrogen) atoms. The number of aldehydes is 1. The van der Waals surface area contributed by atoms with Crippen LogP contribution in [-0.2, 0) is 11.2 Å². The molecule has 5 nitrogen and oxygen atoms in total. The van der Waals surface area contributed by atoms with Crippen LogP contribution in [-0.4, -0.2) is 35.9 Å². The largest absolute Gasteiger partial charge is 0.506 e. The van der Waals surface area contributed by atoms with E-state index >= 15 is 0 Å². The fraction of sp³-hybridized carbons (Fsp3) is 0.514. The molecule has 1 heterocycles.